The Kier molecular flexibility index (Phi) is 9.76. The summed E-state index contributed by atoms with van der Waals surface area (Å²) in [6.07, 6.45) is -0.787. The molecule has 1 amide bonds. The van der Waals surface area contributed by atoms with Crippen LogP contribution < -0.4 is 19.5 Å². The standard InChI is InChI=1S/C33H29F3N2O5S/c34-33(35,36)22-7-19-28(20-8-22)44-38-23-9-13-25(14-10-23)43-27-17-15-26(16-18-27)42-24-11-5-21(6-12-24)31(39)37-30-4-2-1-3-29(30)32(40)41/h1-8,11-12,15-20,23,25,38H,9-10,13-14H2,(H,37,39)(H,40,41). The van der Waals surface area contributed by atoms with Gasteiger partial charge >= 0.3 is 12.1 Å². The Morgan fingerprint density at radius 2 is 1.36 bits per heavy atom. The summed E-state index contributed by atoms with van der Waals surface area (Å²) >= 11 is 1.35. The first-order valence-corrected chi connectivity index (χ1v) is 14.7. The summed E-state index contributed by atoms with van der Waals surface area (Å²) in [7, 11) is 0. The van der Waals surface area contributed by atoms with E-state index >= 15 is 0 Å². The zero-order valence-corrected chi connectivity index (χ0v) is 24.2. The van der Waals surface area contributed by atoms with Crippen LogP contribution in [-0.4, -0.2) is 29.1 Å². The van der Waals surface area contributed by atoms with Crippen molar-refractivity contribution < 1.29 is 37.3 Å². The summed E-state index contributed by atoms with van der Waals surface area (Å²) in [6, 6.07) is 25.3. The van der Waals surface area contributed by atoms with Crippen LogP contribution in [0.2, 0.25) is 0 Å². The number of hydrogen-bond donors (Lipinski definition) is 3. The fraction of sp³-hybridized carbons (Fsp3) is 0.212. The van der Waals surface area contributed by atoms with Crippen LogP contribution >= 0.6 is 11.9 Å². The first-order chi connectivity index (χ1) is 21.1. The molecule has 0 radical (unpaired) electrons. The Labute approximate surface area is 256 Å². The quantitative estimate of drug-likeness (QED) is 0.153. The maximum absolute atomic E-state index is 12.7. The lowest BCUT2D eigenvalue weighted by atomic mass is 9.94. The van der Waals surface area contributed by atoms with E-state index in [0.717, 1.165) is 48.5 Å². The largest absolute Gasteiger partial charge is 0.490 e. The number of para-hydroxylation sites is 1. The molecular weight excluding hydrogens is 593 g/mol. The van der Waals surface area contributed by atoms with Crippen LogP contribution in [0.4, 0.5) is 18.9 Å². The van der Waals surface area contributed by atoms with Gasteiger partial charge in [-0.05, 0) is 123 Å². The van der Waals surface area contributed by atoms with Crippen molar-refractivity contribution in [3.63, 3.8) is 0 Å². The number of anilines is 1. The van der Waals surface area contributed by atoms with Gasteiger partial charge < -0.3 is 19.9 Å². The summed E-state index contributed by atoms with van der Waals surface area (Å²) in [4.78, 5) is 24.7. The van der Waals surface area contributed by atoms with Gasteiger partial charge in [0, 0.05) is 16.5 Å². The van der Waals surface area contributed by atoms with Gasteiger partial charge in [-0.15, -0.1) is 0 Å². The lowest BCUT2D eigenvalue weighted by Gasteiger charge is -2.29. The van der Waals surface area contributed by atoms with Crippen LogP contribution in [0.3, 0.4) is 0 Å². The molecule has 0 saturated heterocycles. The van der Waals surface area contributed by atoms with E-state index in [-0.39, 0.29) is 23.4 Å². The van der Waals surface area contributed by atoms with E-state index in [0.29, 0.717) is 17.1 Å². The second-order valence-electron chi connectivity index (χ2n) is 10.2. The molecule has 0 aromatic heterocycles. The van der Waals surface area contributed by atoms with Crippen molar-refractivity contribution in [2.45, 2.75) is 48.9 Å². The number of hydrogen-bond acceptors (Lipinski definition) is 6. The topological polar surface area (TPSA) is 96.9 Å². The van der Waals surface area contributed by atoms with Gasteiger partial charge in [0.1, 0.15) is 17.2 Å². The van der Waals surface area contributed by atoms with Gasteiger partial charge in [0.15, 0.2) is 0 Å². The van der Waals surface area contributed by atoms with Crippen LogP contribution in [0.25, 0.3) is 0 Å². The normalized spacial score (nSPS) is 16.6. The molecule has 5 rings (SSSR count). The summed E-state index contributed by atoms with van der Waals surface area (Å²) in [5, 5.41) is 11.9. The first-order valence-electron chi connectivity index (χ1n) is 13.9. The van der Waals surface area contributed by atoms with E-state index in [1.165, 1.54) is 36.2 Å². The average Bonchev–Trinajstić information content (AvgIpc) is 3.02. The molecule has 1 aliphatic rings. The molecular formula is C33H29F3N2O5S. The van der Waals surface area contributed by atoms with Gasteiger partial charge in [-0.25, -0.2) is 4.79 Å². The van der Waals surface area contributed by atoms with Crippen LogP contribution in [-0.2, 0) is 6.18 Å². The molecule has 44 heavy (non-hydrogen) atoms. The second-order valence-corrected chi connectivity index (χ2v) is 11.1. The van der Waals surface area contributed by atoms with Crippen LogP contribution in [0.15, 0.2) is 102 Å². The van der Waals surface area contributed by atoms with Crippen molar-refractivity contribution in [2.24, 2.45) is 0 Å². The first kappa shape index (κ1) is 31.0. The van der Waals surface area contributed by atoms with Crippen molar-refractivity contribution >= 4 is 29.5 Å². The number of nitrogens with one attached hydrogen (secondary N) is 2. The van der Waals surface area contributed by atoms with Crippen molar-refractivity contribution in [3.05, 3.63) is 114 Å². The number of ether oxygens (including phenoxy) is 2. The van der Waals surface area contributed by atoms with Crippen LogP contribution in [0, 0.1) is 0 Å². The summed E-state index contributed by atoms with van der Waals surface area (Å²) in [5.74, 6) is 0.285. The monoisotopic (exact) mass is 622 g/mol. The molecule has 0 bridgehead atoms. The van der Waals surface area contributed by atoms with Gasteiger partial charge in [-0.3, -0.25) is 9.52 Å². The molecule has 0 spiro atoms. The molecule has 228 valence electrons. The third kappa shape index (κ3) is 8.33. The van der Waals surface area contributed by atoms with E-state index in [4.69, 9.17) is 9.47 Å². The van der Waals surface area contributed by atoms with E-state index in [1.807, 2.05) is 12.1 Å². The highest BCUT2D eigenvalue weighted by Gasteiger charge is 2.30. The molecule has 0 heterocycles. The number of rotatable bonds is 10. The van der Waals surface area contributed by atoms with Crippen LogP contribution in [0.5, 0.6) is 17.2 Å². The number of aromatic carboxylic acids is 1. The molecule has 0 aliphatic heterocycles. The Balaban J connectivity index is 1.05. The van der Waals surface area contributed by atoms with E-state index in [9.17, 15) is 27.9 Å². The number of carboxylic acids is 1. The fourth-order valence-corrected chi connectivity index (χ4v) is 5.53. The zero-order chi connectivity index (χ0) is 31.1. The molecule has 7 nitrogen and oxygen atoms in total. The number of carbonyl (C=O) groups excluding carboxylic acids is 1. The Morgan fingerprint density at radius 1 is 0.773 bits per heavy atom. The molecule has 1 fully saturated rings. The summed E-state index contributed by atoms with van der Waals surface area (Å²) in [5.41, 5.74) is -0.0807. The molecule has 11 heteroatoms. The van der Waals surface area contributed by atoms with Crippen molar-refractivity contribution in [2.75, 3.05) is 5.32 Å². The number of carbonyl (C=O) groups is 2. The maximum atomic E-state index is 12.7. The molecule has 3 N–H and O–H groups in total. The van der Waals surface area contributed by atoms with Gasteiger partial charge in [0.2, 0.25) is 0 Å². The predicted octanol–water partition coefficient (Wildman–Crippen LogP) is 8.44. The fourth-order valence-electron chi connectivity index (χ4n) is 4.72. The second kappa shape index (κ2) is 13.9. The maximum Gasteiger partial charge on any atom is 0.416 e. The van der Waals surface area contributed by atoms with Gasteiger partial charge in [-0.2, -0.15) is 13.2 Å². The van der Waals surface area contributed by atoms with Crippen molar-refractivity contribution in [1.29, 1.82) is 0 Å². The van der Waals surface area contributed by atoms with Gasteiger partial charge in [0.05, 0.1) is 22.9 Å². The minimum atomic E-state index is -4.34. The zero-order valence-electron chi connectivity index (χ0n) is 23.3. The highest BCUT2D eigenvalue weighted by Crippen LogP contribution is 2.32. The van der Waals surface area contributed by atoms with E-state index in [1.54, 1.807) is 48.5 Å². The van der Waals surface area contributed by atoms with E-state index in [2.05, 4.69) is 10.0 Å². The lowest BCUT2D eigenvalue weighted by Crippen LogP contribution is -2.33. The number of alkyl halides is 3. The minimum absolute atomic E-state index is 0.00634. The number of benzene rings is 4. The Morgan fingerprint density at radius 3 is 1.98 bits per heavy atom. The molecule has 4 aromatic carbocycles. The molecule has 0 unspecified atom stereocenters. The van der Waals surface area contributed by atoms with Crippen LogP contribution in [0.1, 0.15) is 52.0 Å². The van der Waals surface area contributed by atoms with Gasteiger partial charge in [-0.1, -0.05) is 12.1 Å². The highest BCUT2D eigenvalue weighted by atomic mass is 32.2. The average molecular weight is 623 g/mol. The van der Waals surface area contributed by atoms with Crippen molar-refractivity contribution in [1.82, 2.24) is 4.72 Å². The third-order valence-corrected chi connectivity index (χ3v) is 8.04. The number of halogens is 3. The molecule has 4 aromatic rings. The lowest BCUT2D eigenvalue weighted by molar-refractivity contribution is -0.137. The smallest absolute Gasteiger partial charge is 0.416 e. The molecule has 1 saturated carbocycles. The molecule has 0 atom stereocenters. The predicted molar refractivity (Wildman–Crippen MR) is 161 cm³/mol. The Bertz CT molecular complexity index is 1570. The summed E-state index contributed by atoms with van der Waals surface area (Å²) < 4.78 is 53.6. The summed E-state index contributed by atoms with van der Waals surface area (Å²) in [6.45, 7) is 0. The van der Waals surface area contributed by atoms with Crippen molar-refractivity contribution in [3.8, 4) is 17.2 Å². The van der Waals surface area contributed by atoms with Gasteiger partial charge in [0.25, 0.3) is 5.91 Å². The number of amides is 1. The highest BCUT2D eigenvalue weighted by molar-refractivity contribution is 7.97. The number of carboxylic acid groups (broad SMARTS) is 1. The molecule has 1 aliphatic carbocycles. The SMILES string of the molecule is O=C(Nc1ccccc1C(=O)O)c1ccc(Oc2ccc(OC3CCC(NSc4ccc(C(F)(F)F)cc4)CC3)cc2)cc1. The Hall–Kier alpha value is -4.48. The minimum Gasteiger partial charge on any atom is -0.490 e. The third-order valence-electron chi connectivity index (χ3n) is 7.08. The van der Waals surface area contributed by atoms with E-state index < -0.39 is 23.6 Å².